The summed E-state index contributed by atoms with van der Waals surface area (Å²) in [4.78, 5) is 11.8. The third-order valence-corrected chi connectivity index (χ3v) is 3.34. The number of ether oxygens (including phenoxy) is 2. The first-order chi connectivity index (χ1) is 10.1. The second kappa shape index (κ2) is 6.92. The molecule has 0 aliphatic rings. The van der Waals surface area contributed by atoms with E-state index in [0.29, 0.717) is 12.8 Å². The van der Waals surface area contributed by atoms with Crippen molar-refractivity contribution in [3.05, 3.63) is 46.8 Å². The van der Waals surface area contributed by atoms with E-state index < -0.39 is 0 Å². The number of rotatable bonds is 6. The summed E-state index contributed by atoms with van der Waals surface area (Å²) in [6, 6.07) is 7.48. The number of nitrogens with zero attached hydrogens (tertiary/aromatic N) is 1. The van der Waals surface area contributed by atoms with Gasteiger partial charge in [-0.2, -0.15) is 0 Å². The van der Waals surface area contributed by atoms with Crippen LogP contribution in [-0.2, 0) is 22.6 Å². The Morgan fingerprint density at radius 1 is 1.29 bits per heavy atom. The number of carbonyl (C=O) groups is 1. The van der Waals surface area contributed by atoms with Gasteiger partial charge in [0.05, 0.1) is 12.8 Å². The first-order valence-electron chi connectivity index (χ1n) is 6.81. The van der Waals surface area contributed by atoms with E-state index in [2.05, 4.69) is 5.16 Å². The molecule has 0 fully saturated rings. The number of methoxy groups -OCH3 is 1. The Bertz CT molecular complexity index is 599. The summed E-state index contributed by atoms with van der Waals surface area (Å²) in [7, 11) is 1.60. The van der Waals surface area contributed by atoms with E-state index in [9.17, 15) is 4.79 Å². The zero-order chi connectivity index (χ0) is 15.2. The highest BCUT2D eigenvalue weighted by molar-refractivity contribution is 5.69. The van der Waals surface area contributed by atoms with Gasteiger partial charge in [0, 0.05) is 17.5 Å². The number of hydrogen-bond donors (Lipinski definition) is 0. The summed E-state index contributed by atoms with van der Waals surface area (Å²) in [5.74, 6) is 1.22. The first kappa shape index (κ1) is 15.1. The minimum atomic E-state index is -0.249. The maximum absolute atomic E-state index is 11.8. The zero-order valence-corrected chi connectivity index (χ0v) is 12.5. The van der Waals surface area contributed by atoms with Gasteiger partial charge in [0.15, 0.2) is 0 Å². The Morgan fingerprint density at radius 2 is 2.05 bits per heavy atom. The van der Waals surface area contributed by atoms with Crippen LogP contribution in [0.5, 0.6) is 5.75 Å². The van der Waals surface area contributed by atoms with Gasteiger partial charge in [-0.25, -0.2) is 0 Å². The lowest BCUT2D eigenvalue weighted by molar-refractivity contribution is -0.144. The summed E-state index contributed by atoms with van der Waals surface area (Å²) >= 11 is 0. The summed E-state index contributed by atoms with van der Waals surface area (Å²) in [5, 5.41) is 3.87. The van der Waals surface area contributed by atoms with Crippen LogP contribution >= 0.6 is 0 Å². The molecule has 0 bridgehead atoms. The van der Waals surface area contributed by atoms with Gasteiger partial charge >= 0.3 is 5.97 Å². The van der Waals surface area contributed by atoms with Crippen molar-refractivity contribution in [3.63, 3.8) is 0 Å². The number of carbonyl (C=O) groups excluding carboxylic acids is 1. The Kier molecular flexibility index (Phi) is 4.98. The Labute approximate surface area is 123 Å². The molecule has 0 aliphatic heterocycles. The molecule has 112 valence electrons. The number of hydrogen-bond acceptors (Lipinski definition) is 5. The highest BCUT2D eigenvalue weighted by Crippen LogP contribution is 2.19. The van der Waals surface area contributed by atoms with E-state index in [4.69, 9.17) is 14.0 Å². The van der Waals surface area contributed by atoms with Gasteiger partial charge in [-0.05, 0) is 26.3 Å². The molecule has 1 heterocycles. The fraction of sp³-hybridized carbons (Fsp3) is 0.375. The van der Waals surface area contributed by atoms with Crippen LogP contribution in [0.25, 0.3) is 0 Å². The normalized spacial score (nSPS) is 10.4. The van der Waals surface area contributed by atoms with Crippen molar-refractivity contribution < 1.29 is 18.8 Å². The van der Waals surface area contributed by atoms with E-state index in [1.165, 1.54) is 0 Å². The minimum absolute atomic E-state index is 0.213. The third kappa shape index (κ3) is 3.84. The predicted octanol–water partition coefficient (Wildman–Crippen LogP) is 2.98. The van der Waals surface area contributed by atoms with Crippen molar-refractivity contribution >= 4 is 5.97 Å². The van der Waals surface area contributed by atoms with Gasteiger partial charge in [0.2, 0.25) is 0 Å². The van der Waals surface area contributed by atoms with Gasteiger partial charge in [-0.3, -0.25) is 4.79 Å². The largest absolute Gasteiger partial charge is 0.496 e. The van der Waals surface area contributed by atoms with Crippen molar-refractivity contribution in [3.8, 4) is 5.75 Å². The zero-order valence-electron chi connectivity index (χ0n) is 12.5. The Morgan fingerprint density at radius 3 is 2.71 bits per heavy atom. The summed E-state index contributed by atoms with van der Waals surface area (Å²) in [5.41, 5.74) is 2.65. The van der Waals surface area contributed by atoms with E-state index in [0.717, 1.165) is 28.3 Å². The van der Waals surface area contributed by atoms with Crippen LogP contribution in [0.1, 0.15) is 29.0 Å². The molecule has 0 N–H and O–H groups in total. The minimum Gasteiger partial charge on any atom is -0.496 e. The predicted molar refractivity (Wildman–Crippen MR) is 77.1 cm³/mol. The molecule has 5 nitrogen and oxygen atoms in total. The molecule has 0 radical (unpaired) electrons. The summed E-state index contributed by atoms with van der Waals surface area (Å²) < 4.78 is 15.6. The quantitative estimate of drug-likeness (QED) is 0.765. The van der Waals surface area contributed by atoms with Crippen LogP contribution < -0.4 is 4.74 Å². The second-order valence-electron chi connectivity index (χ2n) is 4.78. The molecule has 0 amide bonds. The van der Waals surface area contributed by atoms with E-state index in [1.807, 2.05) is 38.1 Å². The monoisotopic (exact) mass is 289 g/mol. The molecule has 0 spiro atoms. The smallest absolute Gasteiger partial charge is 0.306 e. The maximum atomic E-state index is 11.8. The van der Waals surface area contributed by atoms with Gasteiger partial charge < -0.3 is 14.0 Å². The molecule has 0 unspecified atom stereocenters. The average Bonchev–Trinajstić information content (AvgIpc) is 2.82. The SMILES string of the molecule is COc1ccccc1COC(=O)CCc1c(C)noc1C. The molecule has 2 rings (SSSR count). The fourth-order valence-corrected chi connectivity index (χ4v) is 2.14. The van der Waals surface area contributed by atoms with Crippen molar-refractivity contribution in [1.29, 1.82) is 0 Å². The van der Waals surface area contributed by atoms with Crippen LogP contribution in [0, 0.1) is 13.8 Å². The lowest BCUT2D eigenvalue weighted by Crippen LogP contribution is -2.07. The van der Waals surface area contributed by atoms with Gasteiger partial charge in [0.1, 0.15) is 18.1 Å². The molecule has 1 aromatic heterocycles. The standard InChI is InChI=1S/C16H19NO4/c1-11-14(12(2)21-17-11)8-9-16(18)20-10-13-6-4-5-7-15(13)19-3/h4-7H,8-10H2,1-3H3. The lowest BCUT2D eigenvalue weighted by Gasteiger charge is -2.09. The van der Waals surface area contributed by atoms with E-state index in [1.54, 1.807) is 7.11 Å². The summed E-state index contributed by atoms with van der Waals surface area (Å²) in [6.07, 6.45) is 0.879. The van der Waals surface area contributed by atoms with Crippen LogP contribution in [0.4, 0.5) is 0 Å². The van der Waals surface area contributed by atoms with Gasteiger partial charge in [0.25, 0.3) is 0 Å². The lowest BCUT2D eigenvalue weighted by atomic mass is 10.1. The second-order valence-corrected chi connectivity index (χ2v) is 4.78. The van der Waals surface area contributed by atoms with Crippen LogP contribution in [0.3, 0.4) is 0 Å². The van der Waals surface area contributed by atoms with Crippen LogP contribution in [-0.4, -0.2) is 18.2 Å². The molecule has 21 heavy (non-hydrogen) atoms. The number of aromatic nitrogens is 1. The molecule has 0 saturated carbocycles. The highest BCUT2D eigenvalue weighted by atomic mass is 16.5. The van der Waals surface area contributed by atoms with Gasteiger partial charge in [-0.1, -0.05) is 23.4 Å². The van der Waals surface area contributed by atoms with Crippen molar-refractivity contribution in [2.45, 2.75) is 33.3 Å². The molecule has 5 heteroatoms. The first-order valence-corrected chi connectivity index (χ1v) is 6.81. The summed E-state index contributed by atoms with van der Waals surface area (Å²) in [6.45, 7) is 3.92. The molecule has 0 atom stereocenters. The van der Waals surface area contributed by atoms with Crippen molar-refractivity contribution in [1.82, 2.24) is 5.16 Å². The van der Waals surface area contributed by atoms with E-state index in [-0.39, 0.29) is 12.6 Å². The molecule has 0 aliphatic carbocycles. The van der Waals surface area contributed by atoms with Crippen LogP contribution in [0.2, 0.25) is 0 Å². The molecular formula is C16H19NO4. The number of aryl methyl sites for hydroxylation is 2. The van der Waals surface area contributed by atoms with Crippen LogP contribution in [0.15, 0.2) is 28.8 Å². The number of para-hydroxylation sites is 1. The topological polar surface area (TPSA) is 61.6 Å². The van der Waals surface area contributed by atoms with Gasteiger partial charge in [-0.15, -0.1) is 0 Å². The molecule has 0 saturated heterocycles. The van der Waals surface area contributed by atoms with Crippen molar-refractivity contribution in [2.75, 3.05) is 7.11 Å². The number of benzene rings is 1. The Hall–Kier alpha value is -2.30. The molecule has 2 aromatic rings. The molecular weight excluding hydrogens is 270 g/mol. The average molecular weight is 289 g/mol. The Balaban J connectivity index is 1.85. The van der Waals surface area contributed by atoms with E-state index >= 15 is 0 Å². The highest BCUT2D eigenvalue weighted by Gasteiger charge is 2.12. The number of esters is 1. The third-order valence-electron chi connectivity index (χ3n) is 3.34. The fourth-order valence-electron chi connectivity index (χ4n) is 2.14. The maximum Gasteiger partial charge on any atom is 0.306 e. The van der Waals surface area contributed by atoms with Crippen molar-refractivity contribution in [2.24, 2.45) is 0 Å². The molecule has 1 aromatic carbocycles.